The van der Waals surface area contributed by atoms with Gasteiger partial charge in [0.2, 0.25) is 0 Å². The third kappa shape index (κ3) is 3.82. The molecule has 1 N–H and O–H groups in total. The molecule has 0 aliphatic carbocycles. The molecule has 1 aromatic heterocycles. The van der Waals surface area contributed by atoms with Crippen LogP contribution in [-0.2, 0) is 0 Å². The van der Waals surface area contributed by atoms with Gasteiger partial charge in [-0.3, -0.25) is 4.79 Å². The third-order valence-electron chi connectivity index (χ3n) is 2.10. The molecule has 0 spiro atoms. The van der Waals surface area contributed by atoms with Gasteiger partial charge in [-0.25, -0.2) is 4.98 Å². The van der Waals surface area contributed by atoms with Crippen LogP contribution >= 0.6 is 27.3 Å². The molecule has 0 saturated carbocycles. The van der Waals surface area contributed by atoms with Crippen LogP contribution in [0.5, 0.6) is 5.75 Å². The van der Waals surface area contributed by atoms with Crippen molar-refractivity contribution in [3.8, 4) is 5.75 Å². The number of rotatable bonds is 5. The number of benzene rings is 1. The Balaban J connectivity index is 1.71. The number of ether oxygens (including phenoxy) is 1. The van der Waals surface area contributed by atoms with Gasteiger partial charge in [0.15, 0.2) is 3.92 Å². The number of halogens is 1. The minimum absolute atomic E-state index is 0.130. The molecule has 0 saturated heterocycles. The summed E-state index contributed by atoms with van der Waals surface area (Å²) < 4.78 is 6.16. The topological polar surface area (TPSA) is 51.2 Å². The van der Waals surface area contributed by atoms with Gasteiger partial charge in [-0.15, -0.1) is 11.3 Å². The van der Waals surface area contributed by atoms with Crippen molar-refractivity contribution in [3.63, 3.8) is 0 Å². The van der Waals surface area contributed by atoms with E-state index < -0.39 is 0 Å². The van der Waals surface area contributed by atoms with Crippen LogP contribution in [0.3, 0.4) is 0 Å². The van der Waals surface area contributed by atoms with E-state index in [1.807, 2.05) is 30.3 Å². The zero-order valence-corrected chi connectivity index (χ0v) is 11.8. The van der Waals surface area contributed by atoms with Crippen molar-refractivity contribution in [2.24, 2.45) is 0 Å². The highest BCUT2D eigenvalue weighted by Crippen LogP contribution is 2.17. The summed E-state index contributed by atoms with van der Waals surface area (Å²) in [5, 5.41) is 2.77. The first-order valence-electron chi connectivity index (χ1n) is 5.33. The number of hydrogen-bond donors (Lipinski definition) is 1. The first kappa shape index (κ1) is 13.0. The van der Waals surface area contributed by atoms with Crippen molar-refractivity contribution in [2.75, 3.05) is 13.2 Å². The summed E-state index contributed by atoms with van der Waals surface area (Å²) in [5.74, 6) is 0.669. The van der Waals surface area contributed by atoms with Gasteiger partial charge in [0, 0.05) is 0 Å². The summed E-state index contributed by atoms with van der Waals surface area (Å²) in [4.78, 5) is 16.2. The maximum atomic E-state index is 11.7. The lowest BCUT2D eigenvalue weighted by molar-refractivity contribution is 0.0951. The van der Waals surface area contributed by atoms with Crippen molar-refractivity contribution in [1.82, 2.24) is 10.3 Å². The number of hydrogen-bond acceptors (Lipinski definition) is 4. The fourth-order valence-corrected chi connectivity index (χ4v) is 2.48. The molecule has 6 heteroatoms. The molecule has 1 aromatic carbocycles. The lowest BCUT2D eigenvalue weighted by atomic mass is 10.3. The van der Waals surface area contributed by atoms with Crippen molar-refractivity contribution >= 4 is 33.2 Å². The molecule has 0 bridgehead atoms. The molecule has 0 radical (unpaired) electrons. The van der Waals surface area contributed by atoms with E-state index >= 15 is 0 Å². The average molecular weight is 327 g/mol. The van der Waals surface area contributed by atoms with Gasteiger partial charge in [-0.1, -0.05) is 18.2 Å². The van der Waals surface area contributed by atoms with Crippen LogP contribution in [0.4, 0.5) is 0 Å². The average Bonchev–Trinajstić information content (AvgIpc) is 2.82. The van der Waals surface area contributed by atoms with Gasteiger partial charge in [-0.05, 0) is 28.1 Å². The van der Waals surface area contributed by atoms with Gasteiger partial charge in [-0.2, -0.15) is 0 Å². The highest BCUT2D eigenvalue weighted by molar-refractivity contribution is 9.11. The van der Waals surface area contributed by atoms with Crippen LogP contribution < -0.4 is 10.1 Å². The predicted molar refractivity (Wildman–Crippen MR) is 74.1 cm³/mol. The van der Waals surface area contributed by atoms with Crippen LogP contribution in [0.15, 0.2) is 40.4 Å². The Bertz CT molecular complexity index is 516. The number of carbonyl (C=O) groups is 1. The summed E-state index contributed by atoms with van der Waals surface area (Å²) in [6.07, 6.45) is 1.54. The fraction of sp³-hybridized carbons (Fsp3) is 0.167. The van der Waals surface area contributed by atoms with Crippen molar-refractivity contribution in [3.05, 3.63) is 45.3 Å². The Morgan fingerprint density at radius 1 is 1.39 bits per heavy atom. The van der Waals surface area contributed by atoms with Crippen LogP contribution in [0.2, 0.25) is 0 Å². The Morgan fingerprint density at radius 2 is 2.17 bits per heavy atom. The molecule has 4 nitrogen and oxygen atoms in total. The van der Waals surface area contributed by atoms with Crippen molar-refractivity contribution in [1.29, 1.82) is 0 Å². The Morgan fingerprint density at radius 3 is 2.83 bits per heavy atom. The summed E-state index contributed by atoms with van der Waals surface area (Å²) in [7, 11) is 0. The molecule has 0 fully saturated rings. The fourth-order valence-electron chi connectivity index (χ4n) is 1.30. The number of aromatic nitrogens is 1. The van der Waals surface area contributed by atoms with Crippen LogP contribution in [0.25, 0.3) is 0 Å². The minimum atomic E-state index is -0.130. The van der Waals surface area contributed by atoms with Crippen molar-refractivity contribution < 1.29 is 9.53 Å². The first-order chi connectivity index (χ1) is 8.75. The largest absolute Gasteiger partial charge is 0.492 e. The van der Waals surface area contributed by atoms with Crippen LogP contribution in [0, 0.1) is 0 Å². The van der Waals surface area contributed by atoms with Gasteiger partial charge < -0.3 is 10.1 Å². The predicted octanol–water partition coefficient (Wildman–Crippen LogP) is 2.71. The number of carbonyl (C=O) groups excluding carboxylic acids is 1. The van der Waals surface area contributed by atoms with E-state index in [4.69, 9.17) is 4.74 Å². The maximum Gasteiger partial charge on any atom is 0.263 e. The highest BCUT2D eigenvalue weighted by Gasteiger charge is 2.08. The van der Waals surface area contributed by atoms with Crippen molar-refractivity contribution in [2.45, 2.75) is 0 Å². The van der Waals surface area contributed by atoms with Crippen LogP contribution in [-0.4, -0.2) is 24.0 Å². The highest BCUT2D eigenvalue weighted by atomic mass is 79.9. The Kier molecular flexibility index (Phi) is 4.72. The van der Waals surface area contributed by atoms with Gasteiger partial charge >= 0.3 is 0 Å². The SMILES string of the molecule is O=C(NCCOc1ccccc1)c1cnc(Br)s1. The molecule has 0 unspecified atom stereocenters. The molecule has 0 aliphatic heterocycles. The first-order valence-corrected chi connectivity index (χ1v) is 6.94. The second-order valence-corrected chi connectivity index (χ2v) is 5.70. The van der Waals surface area contributed by atoms with E-state index in [9.17, 15) is 4.79 Å². The zero-order valence-electron chi connectivity index (χ0n) is 9.43. The van der Waals surface area contributed by atoms with E-state index in [1.165, 1.54) is 11.3 Å². The molecule has 1 heterocycles. The molecule has 1 amide bonds. The van der Waals surface area contributed by atoms with Gasteiger partial charge in [0.1, 0.15) is 17.2 Å². The zero-order chi connectivity index (χ0) is 12.8. The van der Waals surface area contributed by atoms with E-state index in [-0.39, 0.29) is 5.91 Å². The number of nitrogens with one attached hydrogen (secondary N) is 1. The smallest absolute Gasteiger partial charge is 0.263 e. The number of para-hydroxylation sites is 1. The van der Waals surface area contributed by atoms with Gasteiger partial charge in [0.25, 0.3) is 5.91 Å². The molecular weight excluding hydrogens is 316 g/mol. The number of nitrogens with zero attached hydrogens (tertiary/aromatic N) is 1. The molecule has 0 aliphatic rings. The summed E-state index contributed by atoms with van der Waals surface area (Å²) in [6, 6.07) is 9.49. The number of thiazole rings is 1. The monoisotopic (exact) mass is 326 g/mol. The quantitative estimate of drug-likeness (QED) is 0.859. The van der Waals surface area contributed by atoms with Gasteiger partial charge in [0.05, 0.1) is 12.7 Å². The minimum Gasteiger partial charge on any atom is -0.492 e. The molecule has 94 valence electrons. The standard InChI is InChI=1S/C12H11BrN2O2S/c13-12-15-8-10(18-12)11(16)14-6-7-17-9-4-2-1-3-5-9/h1-5,8H,6-7H2,(H,14,16). The molecule has 18 heavy (non-hydrogen) atoms. The Labute approximate surface area is 117 Å². The van der Waals surface area contributed by atoms with E-state index in [2.05, 4.69) is 26.2 Å². The molecular formula is C12H11BrN2O2S. The normalized spacial score (nSPS) is 10.1. The van der Waals surface area contributed by atoms with E-state index in [0.717, 1.165) is 5.75 Å². The second-order valence-electron chi connectivity index (χ2n) is 3.39. The lowest BCUT2D eigenvalue weighted by Gasteiger charge is -2.06. The maximum absolute atomic E-state index is 11.7. The molecule has 2 rings (SSSR count). The van der Waals surface area contributed by atoms with E-state index in [0.29, 0.717) is 21.9 Å². The molecule has 2 aromatic rings. The lowest BCUT2D eigenvalue weighted by Crippen LogP contribution is -2.27. The number of amides is 1. The molecule has 0 atom stereocenters. The summed E-state index contributed by atoms with van der Waals surface area (Å²) in [6.45, 7) is 0.902. The summed E-state index contributed by atoms with van der Waals surface area (Å²) >= 11 is 4.52. The Hall–Kier alpha value is -1.40. The van der Waals surface area contributed by atoms with Crippen LogP contribution in [0.1, 0.15) is 9.67 Å². The second kappa shape index (κ2) is 6.51. The van der Waals surface area contributed by atoms with E-state index in [1.54, 1.807) is 6.20 Å². The third-order valence-corrected chi connectivity index (χ3v) is 3.58. The summed E-state index contributed by atoms with van der Waals surface area (Å²) in [5.41, 5.74) is 0.